The van der Waals surface area contributed by atoms with Gasteiger partial charge in [0.1, 0.15) is 23.0 Å². The van der Waals surface area contributed by atoms with Crippen molar-refractivity contribution in [1.29, 1.82) is 0 Å². The second-order valence-electron chi connectivity index (χ2n) is 9.21. The van der Waals surface area contributed by atoms with Gasteiger partial charge in [-0.1, -0.05) is 25.5 Å². The first-order valence-electron chi connectivity index (χ1n) is 12.0. The predicted molar refractivity (Wildman–Crippen MR) is 127 cm³/mol. The van der Waals surface area contributed by atoms with Crippen molar-refractivity contribution in [3.63, 3.8) is 0 Å². The maximum absolute atomic E-state index is 14.0. The molecule has 2 atom stereocenters. The van der Waals surface area contributed by atoms with Crippen LogP contribution in [0.25, 0.3) is 0 Å². The van der Waals surface area contributed by atoms with Gasteiger partial charge in [0.15, 0.2) is 11.4 Å². The number of nitrogens with one attached hydrogen (secondary N) is 1. The predicted octanol–water partition coefficient (Wildman–Crippen LogP) is 4.11. The van der Waals surface area contributed by atoms with E-state index in [1.807, 2.05) is 13.8 Å². The molecule has 0 spiro atoms. The molecule has 2 bridgehead atoms. The van der Waals surface area contributed by atoms with E-state index in [2.05, 4.69) is 11.9 Å². The fourth-order valence-corrected chi connectivity index (χ4v) is 4.60. The van der Waals surface area contributed by atoms with Gasteiger partial charge >= 0.3 is 0 Å². The van der Waals surface area contributed by atoms with Gasteiger partial charge in [0.25, 0.3) is 11.8 Å². The van der Waals surface area contributed by atoms with Gasteiger partial charge in [0.2, 0.25) is 5.43 Å². The van der Waals surface area contributed by atoms with Crippen molar-refractivity contribution in [3.05, 3.63) is 75.0 Å². The maximum atomic E-state index is 14.0. The van der Waals surface area contributed by atoms with E-state index in [1.54, 1.807) is 9.47 Å². The lowest BCUT2D eigenvalue weighted by Gasteiger charge is -2.37. The molecule has 2 aliphatic heterocycles. The number of rotatable bonds is 7. The van der Waals surface area contributed by atoms with E-state index in [4.69, 9.17) is 4.74 Å². The van der Waals surface area contributed by atoms with E-state index < -0.39 is 40.9 Å². The summed E-state index contributed by atoms with van der Waals surface area (Å²) in [5.41, 5.74) is -0.752. The Kier molecular flexibility index (Phi) is 7.23. The van der Waals surface area contributed by atoms with Crippen LogP contribution in [0.4, 0.5) is 13.2 Å². The summed E-state index contributed by atoms with van der Waals surface area (Å²) in [7, 11) is 0. The van der Waals surface area contributed by atoms with Crippen LogP contribution in [0.15, 0.2) is 35.3 Å². The maximum Gasteiger partial charge on any atom is 0.274 e. The highest BCUT2D eigenvalue weighted by atomic mass is 19.1. The van der Waals surface area contributed by atoms with Crippen LogP contribution in [0.5, 0.6) is 5.75 Å². The number of pyridine rings is 1. The molecule has 0 saturated carbocycles. The lowest BCUT2D eigenvalue weighted by Crippen LogP contribution is -2.48. The zero-order valence-corrected chi connectivity index (χ0v) is 20.2. The number of hydrogen-bond acceptors (Lipinski definition) is 4. The van der Waals surface area contributed by atoms with Crippen molar-refractivity contribution in [3.8, 4) is 5.75 Å². The molecule has 3 heterocycles. The first-order valence-corrected chi connectivity index (χ1v) is 12.0. The monoisotopic (exact) mass is 503 g/mol. The third-order valence-electron chi connectivity index (χ3n) is 6.77. The van der Waals surface area contributed by atoms with E-state index in [9.17, 15) is 27.6 Å². The smallest absolute Gasteiger partial charge is 0.274 e. The lowest BCUT2D eigenvalue weighted by atomic mass is 10.0. The molecule has 0 unspecified atom stereocenters. The zero-order chi connectivity index (χ0) is 26.1. The van der Waals surface area contributed by atoms with Crippen molar-refractivity contribution in [2.75, 3.05) is 13.2 Å². The molecule has 1 N–H and O–H groups in total. The van der Waals surface area contributed by atoms with Gasteiger partial charge in [-0.2, -0.15) is 0 Å². The van der Waals surface area contributed by atoms with Crippen LogP contribution in [0, 0.1) is 17.5 Å². The van der Waals surface area contributed by atoms with Gasteiger partial charge in [0.05, 0.1) is 12.6 Å². The largest absolute Gasteiger partial charge is 0.487 e. The highest BCUT2D eigenvalue weighted by molar-refractivity contribution is 5.99. The van der Waals surface area contributed by atoms with Crippen LogP contribution in [-0.2, 0) is 6.54 Å². The fraction of sp³-hybridized carbons (Fsp3) is 0.423. The molecule has 7 nitrogen and oxygen atoms in total. The summed E-state index contributed by atoms with van der Waals surface area (Å²) in [5, 5.41) is 2.33. The number of hydrogen-bond donors (Lipinski definition) is 1. The van der Waals surface area contributed by atoms with Crippen LogP contribution in [-0.4, -0.2) is 40.5 Å². The Morgan fingerprint density at radius 1 is 1.22 bits per heavy atom. The standard InChI is InChI=1S/C26H28F3N3O4/c1-4-5-8-36-24-22-26(35)31-13-21(14(2)6-7-15(31)3)32(22)12-18(23(24)33)25(34)30-11-17-19(28)9-16(27)10-20(17)29/h9-10,12,15,21H,2,4-8,11,13H2,1,3H3,(H,30,34)/t15-,21+/m0/s1. The number of carbonyl (C=O) groups excluding carboxylic acids is 2. The van der Waals surface area contributed by atoms with Crippen molar-refractivity contribution >= 4 is 11.8 Å². The highest BCUT2D eigenvalue weighted by Crippen LogP contribution is 2.36. The number of benzene rings is 1. The molecule has 2 amide bonds. The molecule has 2 aliphatic rings. The van der Waals surface area contributed by atoms with E-state index in [-0.39, 0.29) is 41.6 Å². The normalized spacial score (nSPS) is 19.1. The summed E-state index contributed by atoms with van der Waals surface area (Å²) in [4.78, 5) is 41.6. The molecule has 0 radical (unpaired) electrons. The van der Waals surface area contributed by atoms with E-state index in [0.717, 1.165) is 12.0 Å². The Bertz CT molecular complexity index is 1270. The van der Waals surface area contributed by atoms with Crippen LogP contribution in [0.3, 0.4) is 0 Å². The Balaban J connectivity index is 1.76. The van der Waals surface area contributed by atoms with Crippen LogP contribution < -0.4 is 15.5 Å². The molecule has 1 fully saturated rings. The molecule has 0 aliphatic carbocycles. The molecule has 4 rings (SSSR count). The Morgan fingerprint density at radius 3 is 2.58 bits per heavy atom. The molecular weight excluding hydrogens is 475 g/mol. The van der Waals surface area contributed by atoms with Crippen molar-refractivity contribution in [2.24, 2.45) is 0 Å². The van der Waals surface area contributed by atoms with E-state index in [1.165, 1.54) is 6.20 Å². The summed E-state index contributed by atoms with van der Waals surface area (Å²) in [6.45, 7) is 7.96. The SMILES string of the molecule is C=C1CC[C@H](C)N2C[C@H]1n1cc(C(=O)NCc3c(F)cc(F)cc3F)c(=O)c(OCCCC)c1C2=O. The number of fused-ring (bicyclic) bond motifs is 4. The van der Waals surface area contributed by atoms with E-state index in [0.29, 0.717) is 37.9 Å². The average molecular weight is 504 g/mol. The molecule has 192 valence electrons. The first kappa shape index (κ1) is 25.5. The molecule has 1 aromatic heterocycles. The number of halogens is 3. The summed E-state index contributed by atoms with van der Waals surface area (Å²) in [6, 6.07) is 0.590. The molecule has 1 aromatic carbocycles. The number of amides is 2. The number of unbranched alkanes of at least 4 members (excludes halogenated alkanes) is 1. The summed E-state index contributed by atoms with van der Waals surface area (Å²) in [5.74, 6) is -4.89. The number of nitrogens with zero attached hydrogens (tertiary/aromatic N) is 2. The third-order valence-corrected chi connectivity index (χ3v) is 6.77. The van der Waals surface area contributed by atoms with Crippen LogP contribution in [0.1, 0.15) is 72.0 Å². The van der Waals surface area contributed by atoms with Crippen molar-refractivity contribution in [2.45, 2.75) is 58.2 Å². The fourth-order valence-electron chi connectivity index (χ4n) is 4.60. The third kappa shape index (κ3) is 4.64. The number of ether oxygens (including phenoxy) is 1. The number of aromatic nitrogens is 1. The molecular formula is C26H28F3N3O4. The Labute approximate surface area is 206 Å². The minimum Gasteiger partial charge on any atom is -0.487 e. The molecule has 10 heteroatoms. The summed E-state index contributed by atoms with van der Waals surface area (Å²) < 4.78 is 48.6. The summed E-state index contributed by atoms with van der Waals surface area (Å²) >= 11 is 0. The topological polar surface area (TPSA) is 80.6 Å². The van der Waals surface area contributed by atoms with Crippen LogP contribution >= 0.6 is 0 Å². The minimum atomic E-state index is -1.16. The quantitative estimate of drug-likeness (QED) is 0.456. The van der Waals surface area contributed by atoms with Gasteiger partial charge in [-0.05, 0) is 26.2 Å². The van der Waals surface area contributed by atoms with Crippen molar-refractivity contribution < 1.29 is 27.5 Å². The molecule has 36 heavy (non-hydrogen) atoms. The zero-order valence-electron chi connectivity index (χ0n) is 20.2. The van der Waals surface area contributed by atoms with Crippen LogP contribution in [0.2, 0.25) is 0 Å². The Hall–Kier alpha value is -3.56. The van der Waals surface area contributed by atoms with E-state index >= 15 is 0 Å². The van der Waals surface area contributed by atoms with Gasteiger partial charge in [-0.3, -0.25) is 14.4 Å². The molecule has 2 aromatic rings. The van der Waals surface area contributed by atoms with Gasteiger partial charge in [0, 0.05) is 43.0 Å². The first-order chi connectivity index (χ1) is 17.1. The summed E-state index contributed by atoms with van der Waals surface area (Å²) in [6.07, 6.45) is 4.09. The molecule has 1 saturated heterocycles. The van der Waals surface area contributed by atoms with Gasteiger partial charge < -0.3 is 19.5 Å². The second kappa shape index (κ2) is 10.2. The van der Waals surface area contributed by atoms with Crippen molar-refractivity contribution in [1.82, 2.24) is 14.8 Å². The van der Waals surface area contributed by atoms with Gasteiger partial charge in [-0.15, -0.1) is 0 Å². The average Bonchev–Trinajstić information content (AvgIpc) is 2.95. The number of carbonyl (C=O) groups is 2. The Morgan fingerprint density at radius 2 is 1.92 bits per heavy atom. The highest BCUT2D eigenvalue weighted by Gasteiger charge is 2.40. The van der Waals surface area contributed by atoms with Gasteiger partial charge in [-0.25, -0.2) is 13.2 Å². The second-order valence-corrected chi connectivity index (χ2v) is 9.21. The minimum absolute atomic E-state index is 0.0601. The lowest BCUT2D eigenvalue weighted by molar-refractivity contribution is 0.0611.